The van der Waals surface area contributed by atoms with Crippen LogP contribution in [0.1, 0.15) is 37.8 Å². The first-order chi connectivity index (χ1) is 7.35. The molecule has 0 saturated carbocycles. The fourth-order valence-electron chi connectivity index (χ4n) is 1.62. The Hall–Kier alpha value is -0.790. The average molecular weight is 242 g/mol. The van der Waals surface area contributed by atoms with E-state index in [0.717, 1.165) is 17.5 Å². The van der Waals surface area contributed by atoms with Crippen molar-refractivity contribution in [3.8, 4) is 5.75 Å². The van der Waals surface area contributed by atoms with Crippen molar-refractivity contribution < 1.29 is 14.0 Å². The van der Waals surface area contributed by atoms with Gasteiger partial charge in [0.25, 0.3) is 0 Å². The van der Waals surface area contributed by atoms with Crippen LogP contribution in [-0.4, -0.2) is 11.6 Å². The minimum absolute atomic E-state index is 0.271. The van der Waals surface area contributed by atoms with E-state index < -0.39 is 7.60 Å². The fraction of sp³-hybridized carbons (Fsp3) is 0.500. The van der Waals surface area contributed by atoms with Gasteiger partial charge in [-0.3, -0.25) is 0 Å². The molecule has 3 nitrogen and oxygen atoms in total. The Kier molecular flexibility index (Phi) is 4.17. The third-order valence-electron chi connectivity index (χ3n) is 2.39. The second-order valence-corrected chi connectivity index (χ2v) is 6.03. The summed E-state index contributed by atoms with van der Waals surface area (Å²) in [7, 11) is -3.49. The molecule has 0 radical (unpaired) electrons. The van der Waals surface area contributed by atoms with E-state index in [1.54, 1.807) is 0 Å². The Balaban J connectivity index is 3.25. The van der Waals surface area contributed by atoms with Crippen molar-refractivity contribution >= 4 is 7.60 Å². The number of hydrogen-bond donors (Lipinski definition) is 1. The van der Waals surface area contributed by atoms with Crippen molar-refractivity contribution in [2.45, 2.75) is 33.1 Å². The van der Waals surface area contributed by atoms with E-state index in [-0.39, 0.29) is 5.92 Å². The quantitative estimate of drug-likeness (QED) is 0.821. The number of rotatable bonds is 4. The number of benzene rings is 1. The van der Waals surface area contributed by atoms with Crippen LogP contribution in [0.3, 0.4) is 0 Å². The zero-order valence-corrected chi connectivity index (χ0v) is 11.1. The highest BCUT2D eigenvalue weighted by Gasteiger charge is 2.18. The van der Waals surface area contributed by atoms with Crippen molar-refractivity contribution in [3.63, 3.8) is 0 Å². The first kappa shape index (κ1) is 13.3. The van der Waals surface area contributed by atoms with Gasteiger partial charge in [0.05, 0.1) is 0 Å². The van der Waals surface area contributed by atoms with Crippen LogP contribution in [0.15, 0.2) is 18.2 Å². The van der Waals surface area contributed by atoms with Crippen molar-refractivity contribution in [1.29, 1.82) is 0 Å². The molecule has 0 heterocycles. The van der Waals surface area contributed by atoms with Crippen LogP contribution >= 0.6 is 7.60 Å². The largest absolute Gasteiger partial charge is 0.424 e. The molecule has 1 aromatic carbocycles. The van der Waals surface area contributed by atoms with Gasteiger partial charge in [0.1, 0.15) is 5.75 Å². The van der Waals surface area contributed by atoms with Crippen LogP contribution in [0.2, 0.25) is 0 Å². The molecule has 4 heteroatoms. The minimum atomic E-state index is -3.49. The van der Waals surface area contributed by atoms with Gasteiger partial charge in [-0.25, -0.2) is 4.57 Å². The van der Waals surface area contributed by atoms with Crippen molar-refractivity contribution in [2.24, 2.45) is 0 Å². The molecular weight excluding hydrogens is 223 g/mol. The molecule has 1 atom stereocenters. The summed E-state index contributed by atoms with van der Waals surface area (Å²) < 4.78 is 16.6. The number of aryl methyl sites for hydroxylation is 1. The zero-order valence-electron chi connectivity index (χ0n) is 10.2. The molecule has 16 heavy (non-hydrogen) atoms. The Labute approximate surface area is 97.0 Å². The van der Waals surface area contributed by atoms with E-state index in [1.807, 2.05) is 39.0 Å². The first-order valence-electron chi connectivity index (χ1n) is 5.46. The van der Waals surface area contributed by atoms with Crippen LogP contribution in [0.4, 0.5) is 0 Å². The van der Waals surface area contributed by atoms with Crippen LogP contribution in [0, 0.1) is 0 Å². The first-order valence-corrected chi connectivity index (χ1v) is 7.49. The molecule has 1 aromatic rings. The highest BCUT2D eigenvalue weighted by Crippen LogP contribution is 2.43. The van der Waals surface area contributed by atoms with Crippen LogP contribution in [0.5, 0.6) is 5.75 Å². The van der Waals surface area contributed by atoms with Crippen LogP contribution < -0.4 is 4.52 Å². The fourth-order valence-corrected chi connectivity index (χ4v) is 2.18. The summed E-state index contributed by atoms with van der Waals surface area (Å²) in [5.41, 5.74) is 1.96. The molecule has 1 rings (SSSR count). The van der Waals surface area contributed by atoms with E-state index >= 15 is 0 Å². The predicted molar refractivity (Wildman–Crippen MR) is 66.3 cm³/mol. The lowest BCUT2D eigenvalue weighted by Crippen LogP contribution is -2.00. The molecule has 1 unspecified atom stereocenters. The van der Waals surface area contributed by atoms with Crippen molar-refractivity contribution in [1.82, 2.24) is 0 Å². The summed E-state index contributed by atoms with van der Waals surface area (Å²) in [5.74, 6) is 0.849. The molecule has 0 fully saturated rings. The molecule has 0 bridgehead atoms. The van der Waals surface area contributed by atoms with Gasteiger partial charge in [0.2, 0.25) is 0 Å². The Morgan fingerprint density at radius 3 is 2.50 bits per heavy atom. The van der Waals surface area contributed by atoms with Gasteiger partial charge >= 0.3 is 7.60 Å². The topological polar surface area (TPSA) is 46.5 Å². The molecule has 0 saturated heterocycles. The summed E-state index contributed by atoms with van der Waals surface area (Å²) in [4.78, 5) is 9.33. The Morgan fingerprint density at radius 1 is 1.44 bits per heavy atom. The standard InChI is InChI=1S/C12H19O3P/c1-5-10-7-6-8-11(9(2)3)12(10)15-16(4,13)14/h6-9H,5H2,1-4H3,(H,13,14). The maximum atomic E-state index is 11.4. The zero-order chi connectivity index (χ0) is 12.3. The summed E-state index contributed by atoms with van der Waals surface area (Å²) in [6.07, 6.45) is 0.788. The molecule has 0 aliphatic rings. The average Bonchev–Trinajstić information content (AvgIpc) is 2.15. The van der Waals surface area contributed by atoms with Gasteiger partial charge in [-0.2, -0.15) is 0 Å². The normalized spacial score (nSPS) is 14.9. The molecule has 0 aliphatic carbocycles. The summed E-state index contributed by atoms with van der Waals surface area (Å²) in [6, 6.07) is 5.82. The number of hydrogen-bond acceptors (Lipinski definition) is 2. The molecule has 1 N–H and O–H groups in total. The highest BCUT2D eigenvalue weighted by atomic mass is 31.2. The van der Waals surface area contributed by atoms with Gasteiger partial charge < -0.3 is 9.42 Å². The predicted octanol–water partition coefficient (Wildman–Crippen LogP) is 3.57. The van der Waals surface area contributed by atoms with Gasteiger partial charge in [-0.1, -0.05) is 39.0 Å². The lowest BCUT2D eigenvalue weighted by atomic mass is 9.98. The molecule has 0 amide bonds. The van der Waals surface area contributed by atoms with Gasteiger partial charge in [-0.05, 0) is 23.5 Å². The van der Waals surface area contributed by atoms with Crippen molar-refractivity contribution in [2.75, 3.05) is 6.66 Å². The molecule has 0 aromatic heterocycles. The minimum Gasteiger partial charge on any atom is -0.424 e. The maximum Gasteiger partial charge on any atom is 0.373 e. The highest BCUT2D eigenvalue weighted by molar-refractivity contribution is 7.52. The summed E-state index contributed by atoms with van der Waals surface area (Å²) in [6.45, 7) is 7.30. The Morgan fingerprint density at radius 2 is 2.06 bits per heavy atom. The smallest absolute Gasteiger partial charge is 0.373 e. The van der Waals surface area contributed by atoms with E-state index in [1.165, 1.54) is 6.66 Å². The monoisotopic (exact) mass is 242 g/mol. The van der Waals surface area contributed by atoms with E-state index in [0.29, 0.717) is 5.75 Å². The molecular formula is C12H19O3P. The molecule has 0 aliphatic heterocycles. The van der Waals surface area contributed by atoms with E-state index in [2.05, 4.69) is 0 Å². The van der Waals surface area contributed by atoms with E-state index in [4.69, 9.17) is 4.52 Å². The lowest BCUT2D eigenvalue weighted by molar-refractivity contribution is 0.383. The van der Waals surface area contributed by atoms with Crippen molar-refractivity contribution in [3.05, 3.63) is 29.3 Å². The molecule has 0 spiro atoms. The van der Waals surface area contributed by atoms with Crippen LogP contribution in [-0.2, 0) is 11.0 Å². The Bertz CT molecular complexity index is 407. The van der Waals surface area contributed by atoms with Gasteiger partial charge in [0.15, 0.2) is 0 Å². The third kappa shape index (κ3) is 3.36. The second-order valence-electron chi connectivity index (χ2n) is 4.24. The van der Waals surface area contributed by atoms with Gasteiger partial charge in [-0.15, -0.1) is 0 Å². The number of para-hydroxylation sites is 1. The van der Waals surface area contributed by atoms with E-state index in [9.17, 15) is 9.46 Å². The maximum absolute atomic E-state index is 11.4. The third-order valence-corrected chi connectivity index (χ3v) is 2.91. The molecule has 90 valence electrons. The van der Waals surface area contributed by atoms with Gasteiger partial charge in [0, 0.05) is 6.66 Å². The summed E-state index contributed by atoms with van der Waals surface area (Å²) in [5, 5.41) is 0. The summed E-state index contributed by atoms with van der Waals surface area (Å²) >= 11 is 0. The SMILES string of the molecule is CCc1cccc(C(C)C)c1OP(C)(=O)O. The lowest BCUT2D eigenvalue weighted by Gasteiger charge is -2.18. The van der Waals surface area contributed by atoms with Crippen LogP contribution in [0.25, 0.3) is 0 Å². The second kappa shape index (κ2) is 5.03.